The van der Waals surface area contributed by atoms with Crippen LogP contribution in [0.2, 0.25) is 0 Å². The van der Waals surface area contributed by atoms with Crippen molar-refractivity contribution in [2.24, 2.45) is 0 Å². The highest BCUT2D eigenvalue weighted by Gasteiger charge is 2.44. The van der Waals surface area contributed by atoms with Crippen molar-refractivity contribution in [3.8, 4) is 11.5 Å². The van der Waals surface area contributed by atoms with E-state index in [9.17, 15) is 25.2 Å². The van der Waals surface area contributed by atoms with Crippen molar-refractivity contribution in [3.63, 3.8) is 0 Å². The van der Waals surface area contributed by atoms with Crippen LogP contribution >= 0.6 is 0 Å². The third-order valence-corrected chi connectivity index (χ3v) is 3.79. The van der Waals surface area contributed by atoms with Crippen molar-refractivity contribution >= 4 is 11.0 Å². The molecule has 1 aromatic heterocycles. The molecule has 24 heavy (non-hydrogen) atoms. The SMILES string of the molecule is O=c1ccc2cc(O)c(O[C@H]3O[C@H](CO)[C@@H](O)[C@H](O)[C@H]3O)cc2o1. The molecule has 2 aromatic rings. The van der Waals surface area contributed by atoms with E-state index in [1.165, 1.54) is 24.3 Å². The second kappa shape index (κ2) is 6.38. The van der Waals surface area contributed by atoms with E-state index in [0.717, 1.165) is 0 Å². The molecular weight excluding hydrogens is 324 g/mol. The molecule has 0 aliphatic carbocycles. The van der Waals surface area contributed by atoms with Gasteiger partial charge in [-0.25, -0.2) is 4.79 Å². The van der Waals surface area contributed by atoms with Gasteiger partial charge in [0, 0.05) is 17.5 Å². The van der Waals surface area contributed by atoms with Gasteiger partial charge in [-0.05, 0) is 12.1 Å². The van der Waals surface area contributed by atoms with Gasteiger partial charge in [-0.2, -0.15) is 0 Å². The standard InChI is InChI=1S/C15H16O9/c16-5-10-12(19)13(20)14(21)15(24-10)23-9-4-8-6(3-7(9)17)1-2-11(18)22-8/h1-4,10,12-17,19-21H,5H2/t10-,12-,13+,14-,15+/m1/s1. The Morgan fingerprint density at radius 1 is 1.08 bits per heavy atom. The second-order valence-electron chi connectivity index (χ2n) is 5.43. The molecule has 1 aliphatic rings. The van der Waals surface area contributed by atoms with Crippen LogP contribution in [0.15, 0.2) is 33.5 Å². The van der Waals surface area contributed by atoms with E-state index in [2.05, 4.69) is 0 Å². The molecule has 0 bridgehead atoms. The number of rotatable bonds is 3. The van der Waals surface area contributed by atoms with Crippen molar-refractivity contribution in [1.82, 2.24) is 0 Å². The molecule has 1 saturated heterocycles. The van der Waals surface area contributed by atoms with Crippen molar-refractivity contribution in [2.75, 3.05) is 6.61 Å². The number of aliphatic hydroxyl groups excluding tert-OH is 4. The number of aromatic hydroxyl groups is 1. The average molecular weight is 340 g/mol. The van der Waals surface area contributed by atoms with Crippen LogP contribution in [0.1, 0.15) is 0 Å². The number of hydrogen-bond acceptors (Lipinski definition) is 9. The first kappa shape index (κ1) is 16.7. The van der Waals surface area contributed by atoms with Gasteiger partial charge < -0.3 is 39.4 Å². The average Bonchev–Trinajstić information content (AvgIpc) is 2.56. The Morgan fingerprint density at radius 2 is 1.83 bits per heavy atom. The topological polar surface area (TPSA) is 150 Å². The van der Waals surface area contributed by atoms with Crippen molar-refractivity contribution in [3.05, 3.63) is 34.7 Å². The lowest BCUT2D eigenvalue weighted by Crippen LogP contribution is -2.60. The summed E-state index contributed by atoms with van der Waals surface area (Å²) in [6, 6.07) is 5.17. The molecule has 3 rings (SSSR count). The largest absolute Gasteiger partial charge is 0.504 e. The number of phenols is 1. The van der Waals surface area contributed by atoms with E-state index in [0.29, 0.717) is 5.39 Å². The Hall–Kier alpha value is -2.17. The predicted octanol–water partition coefficient (Wildman–Crippen LogP) is -1.32. The third kappa shape index (κ3) is 2.95. The van der Waals surface area contributed by atoms with Crippen LogP contribution < -0.4 is 10.4 Å². The van der Waals surface area contributed by atoms with Gasteiger partial charge in [0.25, 0.3) is 0 Å². The smallest absolute Gasteiger partial charge is 0.336 e. The summed E-state index contributed by atoms with van der Waals surface area (Å²) in [5.41, 5.74) is -0.452. The summed E-state index contributed by atoms with van der Waals surface area (Å²) in [6.45, 7) is -0.608. The fourth-order valence-corrected chi connectivity index (χ4v) is 2.47. The van der Waals surface area contributed by atoms with Crippen LogP contribution in [-0.2, 0) is 4.74 Å². The molecule has 9 nitrogen and oxygen atoms in total. The molecule has 0 spiro atoms. The maximum absolute atomic E-state index is 11.3. The lowest BCUT2D eigenvalue weighted by atomic mass is 9.99. The first-order chi connectivity index (χ1) is 11.4. The summed E-state index contributed by atoms with van der Waals surface area (Å²) in [7, 11) is 0. The van der Waals surface area contributed by atoms with Crippen molar-refractivity contribution in [2.45, 2.75) is 30.7 Å². The maximum Gasteiger partial charge on any atom is 0.336 e. The molecule has 9 heteroatoms. The summed E-state index contributed by atoms with van der Waals surface area (Å²) >= 11 is 0. The Balaban J connectivity index is 1.90. The minimum atomic E-state index is -1.62. The monoisotopic (exact) mass is 340 g/mol. The lowest BCUT2D eigenvalue weighted by molar-refractivity contribution is -0.277. The highest BCUT2D eigenvalue weighted by atomic mass is 16.7. The molecule has 5 atom stereocenters. The second-order valence-corrected chi connectivity index (χ2v) is 5.43. The Bertz CT molecular complexity index is 784. The van der Waals surface area contributed by atoms with Gasteiger partial charge in [0.05, 0.1) is 6.61 Å². The van der Waals surface area contributed by atoms with Crippen molar-refractivity contribution in [1.29, 1.82) is 0 Å². The van der Waals surface area contributed by atoms with Crippen LogP contribution in [-0.4, -0.2) is 62.8 Å². The van der Waals surface area contributed by atoms with Gasteiger partial charge in [0.15, 0.2) is 11.5 Å². The Morgan fingerprint density at radius 3 is 2.54 bits per heavy atom. The number of phenolic OH excluding ortho intramolecular Hbond substituents is 1. The van der Waals surface area contributed by atoms with Gasteiger partial charge in [-0.15, -0.1) is 0 Å². The molecule has 1 aliphatic heterocycles. The number of hydrogen-bond donors (Lipinski definition) is 5. The highest BCUT2D eigenvalue weighted by Crippen LogP contribution is 2.33. The summed E-state index contributed by atoms with van der Waals surface area (Å²) < 4.78 is 15.5. The molecule has 1 fully saturated rings. The zero-order chi connectivity index (χ0) is 17.4. The molecule has 2 heterocycles. The summed E-state index contributed by atoms with van der Waals surface area (Å²) in [6.07, 6.45) is -7.36. The molecule has 0 unspecified atom stereocenters. The Kier molecular flexibility index (Phi) is 4.43. The van der Waals surface area contributed by atoms with Gasteiger partial charge in [0.2, 0.25) is 6.29 Å². The van der Waals surface area contributed by atoms with E-state index in [1.54, 1.807) is 0 Å². The number of benzene rings is 1. The minimum Gasteiger partial charge on any atom is -0.504 e. The van der Waals surface area contributed by atoms with Crippen LogP contribution in [0.5, 0.6) is 11.5 Å². The molecule has 1 aromatic carbocycles. The molecular formula is C15H16O9. The molecule has 0 amide bonds. The van der Waals surface area contributed by atoms with E-state index in [1.807, 2.05) is 0 Å². The first-order valence-corrected chi connectivity index (χ1v) is 7.15. The number of aliphatic hydroxyl groups is 4. The fourth-order valence-electron chi connectivity index (χ4n) is 2.47. The van der Waals surface area contributed by atoms with E-state index >= 15 is 0 Å². The van der Waals surface area contributed by atoms with E-state index in [-0.39, 0.29) is 17.1 Å². The minimum absolute atomic E-state index is 0.139. The zero-order valence-corrected chi connectivity index (χ0v) is 12.3. The summed E-state index contributed by atoms with van der Waals surface area (Å²) in [5.74, 6) is -0.477. The zero-order valence-electron chi connectivity index (χ0n) is 12.3. The lowest BCUT2D eigenvalue weighted by Gasteiger charge is -2.39. The normalized spacial score (nSPS) is 30.4. The van der Waals surface area contributed by atoms with Crippen LogP contribution in [0, 0.1) is 0 Å². The quantitative estimate of drug-likeness (QED) is 0.429. The van der Waals surface area contributed by atoms with Gasteiger partial charge in [-0.3, -0.25) is 0 Å². The molecule has 130 valence electrons. The maximum atomic E-state index is 11.3. The van der Waals surface area contributed by atoms with Crippen LogP contribution in [0.25, 0.3) is 11.0 Å². The van der Waals surface area contributed by atoms with E-state index < -0.39 is 42.9 Å². The number of fused-ring (bicyclic) bond motifs is 1. The van der Waals surface area contributed by atoms with Crippen LogP contribution in [0.3, 0.4) is 0 Å². The summed E-state index contributed by atoms with van der Waals surface area (Å²) in [4.78, 5) is 11.3. The van der Waals surface area contributed by atoms with Crippen LogP contribution in [0.4, 0.5) is 0 Å². The first-order valence-electron chi connectivity index (χ1n) is 7.15. The third-order valence-electron chi connectivity index (χ3n) is 3.79. The Labute approximate surface area is 134 Å². The van der Waals surface area contributed by atoms with Gasteiger partial charge in [0.1, 0.15) is 30.0 Å². The molecule has 5 N–H and O–H groups in total. The molecule has 0 saturated carbocycles. The fraction of sp³-hybridized carbons (Fsp3) is 0.400. The van der Waals surface area contributed by atoms with Gasteiger partial charge >= 0.3 is 5.63 Å². The van der Waals surface area contributed by atoms with Crippen molar-refractivity contribution < 1.29 is 39.4 Å². The van der Waals surface area contributed by atoms with Gasteiger partial charge in [-0.1, -0.05) is 0 Å². The van der Waals surface area contributed by atoms with E-state index in [4.69, 9.17) is 19.0 Å². The summed E-state index contributed by atoms with van der Waals surface area (Å²) in [5, 5.41) is 49.0. The number of ether oxygens (including phenoxy) is 2. The molecule has 0 radical (unpaired) electrons. The predicted molar refractivity (Wildman–Crippen MR) is 78.5 cm³/mol. The highest BCUT2D eigenvalue weighted by molar-refractivity contribution is 5.80.